The Hall–Kier alpha value is -1.56. The van der Waals surface area contributed by atoms with Crippen molar-refractivity contribution in [3.63, 3.8) is 0 Å². The van der Waals surface area contributed by atoms with Crippen LogP contribution in [0, 0.1) is 5.92 Å². The number of aliphatic hydroxyl groups is 1. The molecule has 0 aliphatic heterocycles. The van der Waals surface area contributed by atoms with E-state index in [0.717, 1.165) is 6.54 Å². The van der Waals surface area contributed by atoms with Gasteiger partial charge >= 0.3 is 6.03 Å². The maximum atomic E-state index is 11.6. The van der Waals surface area contributed by atoms with Crippen molar-refractivity contribution < 1.29 is 9.90 Å². The van der Waals surface area contributed by atoms with Gasteiger partial charge in [0, 0.05) is 12.7 Å². The lowest BCUT2D eigenvalue weighted by atomic mass is 10.1. The molecule has 1 heterocycles. The van der Waals surface area contributed by atoms with Gasteiger partial charge in [-0.3, -0.25) is 4.68 Å². The van der Waals surface area contributed by atoms with E-state index in [-0.39, 0.29) is 12.6 Å². The third-order valence-corrected chi connectivity index (χ3v) is 2.29. The van der Waals surface area contributed by atoms with Gasteiger partial charge in [0.1, 0.15) is 0 Å². The summed E-state index contributed by atoms with van der Waals surface area (Å²) in [7, 11) is 0. The standard InChI is InChI=1S/C12H22N4O2/c1-9(2)6-16-7-10(5-13-16)14-11(18)15-12(3,4)8-17/h5,7,9,17H,6,8H2,1-4H3,(H2,14,15,18). The van der Waals surface area contributed by atoms with Crippen molar-refractivity contribution >= 4 is 11.7 Å². The molecule has 3 N–H and O–H groups in total. The molecule has 1 aromatic heterocycles. The first-order valence-corrected chi connectivity index (χ1v) is 6.05. The summed E-state index contributed by atoms with van der Waals surface area (Å²) < 4.78 is 1.79. The molecule has 0 radical (unpaired) electrons. The largest absolute Gasteiger partial charge is 0.394 e. The van der Waals surface area contributed by atoms with Gasteiger partial charge in [-0.15, -0.1) is 0 Å². The van der Waals surface area contributed by atoms with Crippen molar-refractivity contribution in [2.45, 2.75) is 39.8 Å². The van der Waals surface area contributed by atoms with Crippen molar-refractivity contribution in [1.82, 2.24) is 15.1 Å². The molecule has 0 saturated heterocycles. The molecule has 0 aromatic carbocycles. The highest BCUT2D eigenvalue weighted by Crippen LogP contribution is 2.08. The van der Waals surface area contributed by atoms with Crippen LogP contribution < -0.4 is 10.6 Å². The predicted octanol–water partition coefficient (Wildman–Crippen LogP) is 1.43. The van der Waals surface area contributed by atoms with Gasteiger partial charge in [0.15, 0.2) is 0 Å². The number of nitrogens with one attached hydrogen (secondary N) is 2. The monoisotopic (exact) mass is 254 g/mol. The van der Waals surface area contributed by atoms with Crippen molar-refractivity contribution in [3.05, 3.63) is 12.4 Å². The lowest BCUT2D eigenvalue weighted by molar-refractivity contribution is 0.187. The lowest BCUT2D eigenvalue weighted by Gasteiger charge is -2.23. The minimum atomic E-state index is -0.641. The summed E-state index contributed by atoms with van der Waals surface area (Å²) in [6.45, 7) is 8.39. The number of hydrogen-bond donors (Lipinski definition) is 3. The van der Waals surface area contributed by atoms with Gasteiger partial charge in [0.25, 0.3) is 0 Å². The SMILES string of the molecule is CC(C)Cn1cc(NC(=O)NC(C)(C)CO)cn1. The Labute approximate surface area is 107 Å². The second-order valence-corrected chi connectivity index (χ2v) is 5.47. The molecule has 0 atom stereocenters. The summed E-state index contributed by atoms with van der Waals surface area (Å²) in [5.74, 6) is 0.500. The fourth-order valence-corrected chi connectivity index (χ4v) is 1.41. The Morgan fingerprint density at radius 3 is 2.78 bits per heavy atom. The number of anilines is 1. The normalized spacial score (nSPS) is 11.7. The molecule has 0 aliphatic rings. The van der Waals surface area contributed by atoms with Gasteiger partial charge in [-0.25, -0.2) is 4.79 Å². The Balaban J connectivity index is 2.52. The van der Waals surface area contributed by atoms with E-state index in [0.29, 0.717) is 11.6 Å². The van der Waals surface area contributed by atoms with Crippen LogP contribution in [0.1, 0.15) is 27.7 Å². The molecular formula is C12H22N4O2. The highest BCUT2D eigenvalue weighted by Gasteiger charge is 2.19. The van der Waals surface area contributed by atoms with Crippen LogP contribution in [0.5, 0.6) is 0 Å². The summed E-state index contributed by atoms with van der Waals surface area (Å²) in [4.78, 5) is 11.6. The zero-order valence-electron chi connectivity index (χ0n) is 11.4. The van der Waals surface area contributed by atoms with E-state index < -0.39 is 5.54 Å². The second kappa shape index (κ2) is 5.86. The maximum Gasteiger partial charge on any atom is 0.319 e. The summed E-state index contributed by atoms with van der Waals surface area (Å²) in [5.41, 5.74) is -0.000224. The minimum absolute atomic E-state index is 0.118. The van der Waals surface area contributed by atoms with E-state index >= 15 is 0 Å². The summed E-state index contributed by atoms with van der Waals surface area (Å²) in [6.07, 6.45) is 3.39. The van der Waals surface area contributed by atoms with Gasteiger partial charge in [-0.1, -0.05) is 13.8 Å². The average molecular weight is 254 g/mol. The number of urea groups is 1. The topological polar surface area (TPSA) is 79.2 Å². The molecule has 6 heteroatoms. The molecule has 0 aliphatic carbocycles. The third kappa shape index (κ3) is 4.75. The van der Waals surface area contributed by atoms with Crippen molar-refractivity contribution in [2.75, 3.05) is 11.9 Å². The predicted molar refractivity (Wildman–Crippen MR) is 70.4 cm³/mol. The van der Waals surface area contributed by atoms with Gasteiger partial charge in [-0.05, 0) is 19.8 Å². The quantitative estimate of drug-likeness (QED) is 0.743. The van der Waals surface area contributed by atoms with E-state index in [4.69, 9.17) is 5.11 Å². The first kappa shape index (κ1) is 14.5. The summed E-state index contributed by atoms with van der Waals surface area (Å²) in [5, 5.41) is 18.6. The molecule has 1 rings (SSSR count). The first-order valence-electron chi connectivity index (χ1n) is 6.05. The highest BCUT2D eigenvalue weighted by molar-refractivity contribution is 5.89. The minimum Gasteiger partial charge on any atom is -0.394 e. The second-order valence-electron chi connectivity index (χ2n) is 5.47. The first-order chi connectivity index (χ1) is 8.32. The van der Waals surface area contributed by atoms with Gasteiger partial charge in [0.2, 0.25) is 0 Å². The molecule has 102 valence electrons. The third-order valence-electron chi connectivity index (χ3n) is 2.29. The van der Waals surface area contributed by atoms with E-state index in [1.54, 1.807) is 30.9 Å². The molecule has 6 nitrogen and oxygen atoms in total. The van der Waals surface area contributed by atoms with E-state index in [2.05, 4.69) is 29.6 Å². The van der Waals surface area contributed by atoms with Crippen LogP contribution in [0.15, 0.2) is 12.4 Å². The maximum absolute atomic E-state index is 11.6. The Bertz CT molecular complexity index is 399. The molecule has 0 fully saturated rings. The number of hydrogen-bond acceptors (Lipinski definition) is 3. The fourth-order valence-electron chi connectivity index (χ4n) is 1.41. The Kier molecular flexibility index (Phi) is 4.72. The molecule has 0 unspecified atom stereocenters. The Morgan fingerprint density at radius 1 is 1.56 bits per heavy atom. The van der Waals surface area contributed by atoms with Crippen LogP contribution in [-0.2, 0) is 6.54 Å². The van der Waals surface area contributed by atoms with Crippen LogP contribution in [0.3, 0.4) is 0 Å². The fraction of sp³-hybridized carbons (Fsp3) is 0.667. The van der Waals surface area contributed by atoms with Crippen LogP contribution in [0.4, 0.5) is 10.5 Å². The number of nitrogens with zero attached hydrogens (tertiary/aromatic N) is 2. The number of carbonyl (C=O) groups excluding carboxylic acids is 1. The molecule has 18 heavy (non-hydrogen) atoms. The molecule has 1 aromatic rings. The zero-order valence-corrected chi connectivity index (χ0v) is 11.4. The number of rotatable bonds is 5. The summed E-state index contributed by atoms with van der Waals surface area (Å²) in [6, 6.07) is -0.349. The number of carbonyl (C=O) groups is 1. The van der Waals surface area contributed by atoms with Crippen LogP contribution in [0.25, 0.3) is 0 Å². The van der Waals surface area contributed by atoms with Gasteiger partial charge in [0.05, 0.1) is 24.0 Å². The van der Waals surface area contributed by atoms with Gasteiger partial charge < -0.3 is 15.7 Å². The number of amides is 2. The lowest BCUT2D eigenvalue weighted by Crippen LogP contribution is -2.48. The number of aliphatic hydroxyl groups excluding tert-OH is 1. The molecule has 2 amide bonds. The van der Waals surface area contributed by atoms with Crippen molar-refractivity contribution in [3.8, 4) is 0 Å². The summed E-state index contributed by atoms with van der Waals surface area (Å²) >= 11 is 0. The van der Waals surface area contributed by atoms with Crippen LogP contribution >= 0.6 is 0 Å². The van der Waals surface area contributed by atoms with Crippen molar-refractivity contribution in [2.24, 2.45) is 5.92 Å². The smallest absolute Gasteiger partial charge is 0.319 e. The molecule has 0 bridgehead atoms. The van der Waals surface area contributed by atoms with E-state index in [1.165, 1.54) is 0 Å². The van der Waals surface area contributed by atoms with E-state index in [1.807, 2.05) is 0 Å². The van der Waals surface area contributed by atoms with Crippen molar-refractivity contribution in [1.29, 1.82) is 0 Å². The van der Waals surface area contributed by atoms with Crippen LogP contribution in [-0.4, -0.2) is 33.1 Å². The van der Waals surface area contributed by atoms with E-state index in [9.17, 15) is 4.79 Å². The Morgan fingerprint density at radius 2 is 2.22 bits per heavy atom. The molecule has 0 saturated carbocycles. The van der Waals surface area contributed by atoms with Gasteiger partial charge in [-0.2, -0.15) is 5.10 Å². The zero-order chi connectivity index (χ0) is 13.8. The average Bonchev–Trinajstić information content (AvgIpc) is 2.63. The molecule has 0 spiro atoms. The number of aromatic nitrogens is 2. The highest BCUT2D eigenvalue weighted by atomic mass is 16.3. The molecular weight excluding hydrogens is 232 g/mol. The van der Waals surface area contributed by atoms with Crippen LogP contribution in [0.2, 0.25) is 0 Å².